The van der Waals surface area contributed by atoms with Gasteiger partial charge in [0.05, 0.1) is 6.61 Å². The maximum Gasteiger partial charge on any atom is 0.165 e. The van der Waals surface area contributed by atoms with Crippen molar-refractivity contribution in [2.24, 2.45) is 5.92 Å². The molecule has 14 heavy (non-hydrogen) atoms. The number of hydrogen-bond acceptors (Lipinski definition) is 1. The van der Waals surface area contributed by atoms with E-state index >= 15 is 0 Å². The van der Waals surface area contributed by atoms with Gasteiger partial charge in [0, 0.05) is 0 Å². The van der Waals surface area contributed by atoms with Gasteiger partial charge in [0.1, 0.15) is 0 Å². The van der Waals surface area contributed by atoms with Gasteiger partial charge in [-0.15, -0.1) is 0 Å². The summed E-state index contributed by atoms with van der Waals surface area (Å²) in [6.45, 7) is 2.68. The van der Waals surface area contributed by atoms with Crippen LogP contribution in [0.5, 0.6) is 5.75 Å². The highest BCUT2D eigenvalue weighted by Crippen LogP contribution is 2.30. The van der Waals surface area contributed by atoms with Crippen LogP contribution in [-0.4, -0.2) is 6.61 Å². The second-order valence-electron chi connectivity index (χ2n) is 3.87. The first kappa shape index (κ1) is 9.50. The highest BCUT2D eigenvalue weighted by molar-refractivity contribution is 5.29. The third-order valence-corrected chi connectivity index (χ3v) is 2.58. The number of ether oxygens (including phenoxy) is 1. The van der Waals surface area contributed by atoms with Gasteiger partial charge in [-0.1, -0.05) is 13.0 Å². The largest absolute Gasteiger partial charge is 0.490 e. The summed E-state index contributed by atoms with van der Waals surface area (Å²) in [5.74, 6) is 0.833. The minimum atomic E-state index is -0.231. The summed E-state index contributed by atoms with van der Waals surface area (Å²) in [7, 11) is 0. The number of rotatable bonds is 4. The second kappa shape index (κ2) is 3.99. The summed E-state index contributed by atoms with van der Waals surface area (Å²) >= 11 is 0. The van der Waals surface area contributed by atoms with Crippen molar-refractivity contribution in [1.29, 1.82) is 0 Å². The Morgan fingerprint density at radius 3 is 2.79 bits per heavy atom. The van der Waals surface area contributed by atoms with Crippen molar-refractivity contribution < 1.29 is 9.13 Å². The monoisotopic (exact) mass is 194 g/mol. The zero-order valence-electron chi connectivity index (χ0n) is 8.42. The van der Waals surface area contributed by atoms with Gasteiger partial charge < -0.3 is 4.74 Å². The van der Waals surface area contributed by atoms with Gasteiger partial charge in [-0.2, -0.15) is 0 Å². The molecule has 1 saturated carbocycles. The fourth-order valence-electron chi connectivity index (χ4n) is 1.37. The first-order valence-corrected chi connectivity index (χ1v) is 5.21. The molecule has 1 aromatic carbocycles. The van der Waals surface area contributed by atoms with Crippen LogP contribution in [0.15, 0.2) is 18.2 Å². The van der Waals surface area contributed by atoms with Crippen LogP contribution in [0, 0.1) is 11.7 Å². The second-order valence-corrected chi connectivity index (χ2v) is 3.87. The van der Waals surface area contributed by atoms with Crippen molar-refractivity contribution in [1.82, 2.24) is 0 Å². The van der Waals surface area contributed by atoms with Crippen LogP contribution in [0.4, 0.5) is 4.39 Å². The molecule has 0 heterocycles. The van der Waals surface area contributed by atoms with Gasteiger partial charge in [0.25, 0.3) is 0 Å². The molecule has 2 rings (SSSR count). The summed E-state index contributed by atoms with van der Waals surface area (Å²) in [5, 5.41) is 0. The van der Waals surface area contributed by atoms with Gasteiger partial charge in [0.15, 0.2) is 11.6 Å². The van der Waals surface area contributed by atoms with Gasteiger partial charge >= 0.3 is 0 Å². The average molecular weight is 194 g/mol. The Labute approximate surface area is 83.9 Å². The molecule has 0 aliphatic heterocycles. The van der Waals surface area contributed by atoms with E-state index in [-0.39, 0.29) is 5.82 Å². The summed E-state index contributed by atoms with van der Waals surface area (Å²) in [6, 6.07) is 5.21. The lowest BCUT2D eigenvalue weighted by Crippen LogP contribution is -2.01. The van der Waals surface area contributed by atoms with Crippen molar-refractivity contribution in [3.63, 3.8) is 0 Å². The minimum Gasteiger partial charge on any atom is -0.490 e. The van der Waals surface area contributed by atoms with Crippen molar-refractivity contribution in [3.8, 4) is 5.75 Å². The van der Waals surface area contributed by atoms with E-state index in [2.05, 4.69) is 0 Å². The topological polar surface area (TPSA) is 9.23 Å². The van der Waals surface area contributed by atoms with Crippen LogP contribution in [0.2, 0.25) is 0 Å². The Balaban J connectivity index is 2.01. The Morgan fingerprint density at radius 2 is 2.21 bits per heavy atom. The highest BCUT2D eigenvalue weighted by atomic mass is 19.1. The summed E-state index contributed by atoms with van der Waals surface area (Å²) in [5.41, 5.74) is 1.02. The third kappa shape index (κ3) is 2.25. The number of aryl methyl sites for hydroxylation is 1. The lowest BCUT2D eigenvalue weighted by molar-refractivity contribution is 0.285. The number of benzene rings is 1. The van der Waals surface area contributed by atoms with E-state index in [0.717, 1.165) is 12.0 Å². The number of hydrogen-bond donors (Lipinski definition) is 0. The summed E-state index contributed by atoms with van der Waals surface area (Å²) in [4.78, 5) is 0. The van der Waals surface area contributed by atoms with Gasteiger partial charge in [-0.05, 0) is 42.9 Å². The lowest BCUT2D eigenvalue weighted by atomic mass is 10.1. The molecule has 1 aliphatic rings. The predicted octanol–water partition coefficient (Wildman–Crippen LogP) is 3.18. The molecule has 76 valence electrons. The molecule has 1 aliphatic carbocycles. The molecule has 1 nitrogen and oxygen atoms in total. The maximum absolute atomic E-state index is 13.4. The van der Waals surface area contributed by atoms with Crippen molar-refractivity contribution in [2.45, 2.75) is 26.2 Å². The molecule has 0 N–H and O–H groups in total. The fraction of sp³-hybridized carbons (Fsp3) is 0.500. The number of halogens is 1. The van der Waals surface area contributed by atoms with Crippen LogP contribution >= 0.6 is 0 Å². The molecule has 0 atom stereocenters. The third-order valence-electron chi connectivity index (χ3n) is 2.58. The standard InChI is InChI=1S/C12H15FO/c1-2-9-5-6-12(11(13)7-9)14-8-10-3-4-10/h5-7,10H,2-4,8H2,1H3. The fourth-order valence-corrected chi connectivity index (χ4v) is 1.37. The Hall–Kier alpha value is -1.05. The van der Waals surface area contributed by atoms with Gasteiger partial charge in [-0.25, -0.2) is 4.39 Å². The molecule has 0 unspecified atom stereocenters. The van der Waals surface area contributed by atoms with E-state index < -0.39 is 0 Å². The zero-order valence-corrected chi connectivity index (χ0v) is 8.42. The highest BCUT2D eigenvalue weighted by Gasteiger charge is 2.22. The molecular formula is C12H15FO. The van der Waals surface area contributed by atoms with Crippen LogP contribution < -0.4 is 4.74 Å². The molecule has 1 aromatic rings. The SMILES string of the molecule is CCc1ccc(OCC2CC2)c(F)c1. The Bertz CT molecular complexity index is 318. The van der Waals surface area contributed by atoms with Crippen LogP contribution in [-0.2, 0) is 6.42 Å². The summed E-state index contributed by atoms with van der Waals surface area (Å²) in [6.07, 6.45) is 3.32. The smallest absolute Gasteiger partial charge is 0.165 e. The normalized spacial score (nSPS) is 15.6. The molecule has 0 saturated heterocycles. The molecular weight excluding hydrogens is 179 g/mol. The zero-order chi connectivity index (χ0) is 9.97. The quantitative estimate of drug-likeness (QED) is 0.715. The van der Waals surface area contributed by atoms with Gasteiger partial charge in [0.2, 0.25) is 0 Å². The van der Waals surface area contributed by atoms with Crippen molar-refractivity contribution in [3.05, 3.63) is 29.6 Å². The Morgan fingerprint density at radius 1 is 1.43 bits per heavy atom. The molecule has 0 amide bonds. The first-order valence-electron chi connectivity index (χ1n) is 5.21. The van der Waals surface area contributed by atoms with Crippen molar-refractivity contribution in [2.75, 3.05) is 6.61 Å². The molecule has 0 bridgehead atoms. The molecule has 0 aromatic heterocycles. The minimum absolute atomic E-state index is 0.231. The van der Waals surface area contributed by atoms with Crippen LogP contribution in [0.25, 0.3) is 0 Å². The van der Waals surface area contributed by atoms with E-state index in [9.17, 15) is 4.39 Å². The van der Waals surface area contributed by atoms with E-state index in [1.807, 2.05) is 13.0 Å². The van der Waals surface area contributed by atoms with E-state index in [1.165, 1.54) is 12.8 Å². The van der Waals surface area contributed by atoms with Crippen molar-refractivity contribution >= 4 is 0 Å². The molecule has 0 radical (unpaired) electrons. The van der Waals surface area contributed by atoms with Gasteiger partial charge in [-0.3, -0.25) is 0 Å². The molecule has 1 fully saturated rings. The molecule has 2 heteroatoms. The predicted molar refractivity (Wildman–Crippen MR) is 54.0 cm³/mol. The first-order chi connectivity index (χ1) is 6.79. The van der Waals surface area contributed by atoms with E-state index in [1.54, 1.807) is 12.1 Å². The maximum atomic E-state index is 13.4. The average Bonchev–Trinajstić information content (AvgIpc) is 2.99. The van der Waals surface area contributed by atoms with E-state index in [0.29, 0.717) is 18.3 Å². The van der Waals surface area contributed by atoms with Crippen LogP contribution in [0.3, 0.4) is 0 Å². The lowest BCUT2D eigenvalue weighted by Gasteiger charge is -2.07. The van der Waals surface area contributed by atoms with Crippen LogP contribution in [0.1, 0.15) is 25.3 Å². The Kier molecular flexibility index (Phi) is 2.71. The summed E-state index contributed by atoms with van der Waals surface area (Å²) < 4.78 is 18.8. The van der Waals surface area contributed by atoms with E-state index in [4.69, 9.17) is 4.74 Å². The molecule has 0 spiro atoms.